The third-order valence-electron chi connectivity index (χ3n) is 30.4. The molecule has 6 heterocycles. The molecule has 6 aromatic heterocycles. The molecular formula is C144H96N6. The number of fused-ring (bicyclic) bond motifs is 18. The van der Waals surface area contributed by atoms with Crippen LogP contribution in [0.15, 0.2) is 582 Å². The quantitative estimate of drug-likeness (QED) is 0.0979. The predicted octanol–water partition coefficient (Wildman–Crippen LogP) is 38.6. The highest BCUT2D eigenvalue weighted by molar-refractivity contribution is 6.23. The summed E-state index contributed by atoms with van der Waals surface area (Å²) in [7, 11) is 0. The lowest BCUT2D eigenvalue weighted by Crippen LogP contribution is -1.95. The number of rotatable bonds is 15. The number of nitrogens with zero attached hydrogens (tertiary/aromatic N) is 6. The van der Waals surface area contributed by atoms with Crippen LogP contribution in [0.5, 0.6) is 0 Å². The van der Waals surface area contributed by atoms with E-state index in [1.165, 1.54) is 237 Å². The molecule has 0 saturated carbocycles. The first kappa shape index (κ1) is 87.8. The van der Waals surface area contributed by atoms with Gasteiger partial charge < -0.3 is 27.4 Å². The smallest absolute Gasteiger partial charge is 0.0547 e. The van der Waals surface area contributed by atoms with Gasteiger partial charge in [0.2, 0.25) is 0 Å². The zero-order valence-electron chi connectivity index (χ0n) is 82.1. The van der Waals surface area contributed by atoms with Gasteiger partial charge in [0.1, 0.15) is 0 Å². The molecule has 0 N–H and O–H groups in total. The minimum Gasteiger partial charge on any atom is -0.309 e. The Morgan fingerprint density at radius 1 is 0.0867 bits per heavy atom. The fraction of sp³-hybridized carbons (Fsp3) is 0. The second-order valence-electron chi connectivity index (χ2n) is 38.9. The molecule has 0 atom stereocenters. The molecule has 0 aliphatic carbocycles. The number of hydrogen-bond donors (Lipinski definition) is 0. The molecular weight excluding hydrogens is 1810 g/mol. The molecule has 0 aliphatic rings. The largest absolute Gasteiger partial charge is 0.309 e. The highest BCUT2D eigenvalue weighted by atomic mass is 15.0. The van der Waals surface area contributed by atoms with Crippen molar-refractivity contribution in [1.29, 1.82) is 0 Å². The van der Waals surface area contributed by atoms with E-state index in [9.17, 15) is 0 Å². The van der Waals surface area contributed by atoms with Crippen molar-refractivity contribution >= 4 is 131 Å². The third-order valence-corrected chi connectivity index (χ3v) is 30.4. The number of aromatic nitrogens is 6. The number of hydrogen-bond acceptors (Lipinski definition) is 0. The Morgan fingerprint density at radius 3 is 0.607 bits per heavy atom. The Bertz CT molecular complexity index is 9990. The van der Waals surface area contributed by atoms with Crippen LogP contribution in [0.4, 0.5) is 0 Å². The van der Waals surface area contributed by atoms with Gasteiger partial charge in [-0.05, 0) is 252 Å². The predicted molar refractivity (Wildman–Crippen MR) is 634 cm³/mol. The molecule has 0 saturated heterocycles. The van der Waals surface area contributed by atoms with E-state index in [0.29, 0.717) is 0 Å². The van der Waals surface area contributed by atoms with Gasteiger partial charge in [0.15, 0.2) is 0 Å². The van der Waals surface area contributed by atoms with Gasteiger partial charge in [-0.15, -0.1) is 0 Å². The molecule has 30 aromatic rings. The summed E-state index contributed by atoms with van der Waals surface area (Å²) < 4.78 is 14.5. The average molecular weight is 1910 g/mol. The molecule has 702 valence electrons. The van der Waals surface area contributed by atoms with E-state index >= 15 is 0 Å². The summed E-state index contributed by atoms with van der Waals surface area (Å²) in [5.41, 5.74) is 43.3. The summed E-state index contributed by atoms with van der Waals surface area (Å²) in [6, 6.07) is 211. The number of para-hydroxylation sites is 7. The Balaban J connectivity index is 0.000000108. The first-order valence-electron chi connectivity index (χ1n) is 51.6. The highest BCUT2D eigenvalue weighted by Gasteiger charge is 2.26. The maximum Gasteiger partial charge on any atom is 0.0547 e. The molecule has 0 fully saturated rings. The van der Waals surface area contributed by atoms with Crippen molar-refractivity contribution in [3.8, 4) is 134 Å². The van der Waals surface area contributed by atoms with Gasteiger partial charge >= 0.3 is 0 Å². The Morgan fingerprint density at radius 2 is 0.273 bits per heavy atom. The molecule has 0 aliphatic heterocycles. The summed E-state index contributed by atoms with van der Waals surface area (Å²) in [5, 5.41) is 15.1. The minimum atomic E-state index is 1.15. The summed E-state index contributed by atoms with van der Waals surface area (Å²) in [4.78, 5) is 0. The van der Waals surface area contributed by atoms with Crippen molar-refractivity contribution in [3.63, 3.8) is 0 Å². The summed E-state index contributed by atoms with van der Waals surface area (Å²) in [5.74, 6) is 0. The molecule has 6 nitrogen and oxygen atoms in total. The van der Waals surface area contributed by atoms with Crippen LogP contribution in [0.25, 0.3) is 265 Å². The van der Waals surface area contributed by atoms with Crippen molar-refractivity contribution in [2.24, 2.45) is 0 Å². The first-order valence-corrected chi connectivity index (χ1v) is 51.6. The molecule has 0 spiro atoms. The lowest BCUT2D eigenvalue weighted by Gasteiger charge is -2.12. The zero-order valence-corrected chi connectivity index (χ0v) is 82.1. The van der Waals surface area contributed by atoms with Crippen LogP contribution < -0.4 is 0 Å². The highest BCUT2D eigenvalue weighted by Crippen LogP contribution is 2.49. The summed E-state index contributed by atoms with van der Waals surface area (Å²) >= 11 is 0. The van der Waals surface area contributed by atoms with E-state index in [1.54, 1.807) is 0 Å². The van der Waals surface area contributed by atoms with Crippen molar-refractivity contribution in [2.45, 2.75) is 0 Å². The van der Waals surface area contributed by atoms with Crippen LogP contribution in [0.2, 0.25) is 0 Å². The fourth-order valence-electron chi connectivity index (χ4n) is 23.5. The SMILES string of the molecule is c1ccc(-c2ccc(-n3c4ccccc4c4c(-c5cccc6c5c5ccccc5n6-c5ccc(-c6ccccc6)cc5)cccc43)cc2)cc1.c1ccc(-c2ccc(-n3c4ccccc4c4ccc(-c5ccc6c7ccccc7n(-c7ccc(-c8ccccc8)cc7)c6c5)cc43)cc2)cc1.c1ccc(-c2cccc(-n3c4ccccc4c4ccc(-c5cccc(-c6cccc7c6c6ccccc6n7-c6ccccc6)c5)cc43)c2)cc1. The lowest BCUT2D eigenvalue weighted by atomic mass is 9.95. The van der Waals surface area contributed by atoms with Gasteiger partial charge in [-0.2, -0.15) is 0 Å². The lowest BCUT2D eigenvalue weighted by molar-refractivity contribution is 1.18. The second kappa shape index (κ2) is 37.4. The second-order valence-corrected chi connectivity index (χ2v) is 38.9. The standard InChI is InChI=1S/3C48H32N2/c1-3-14-33(15-4-1)35-17-12-21-39(31-35)50-44-25-9-7-22-41(44)42-29-28-36(32-47(42)50)34-16-11-18-37(30-34)40-24-13-27-46-48(40)43-23-8-10-26-45(43)49(46)38-19-5-2-6-20-38;1-3-13-33(14-4-1)35-25-29-37(30-26-35)49-43-21-9-7-17-41(43)47-39(19-11-23-45(47)49)40-20-12-24-46-48(40)42-18-8-10-22-44(42)50(46)38-31-27-36(28-32-38)34-15-5-2-6-16-34;1-3-11-33(12-4-1)35-19-25-39(26-20-35)49-45-17-9-7-15-41(45)43-29-23-37(31-47(43)49)38-24-30-44-42-16-8-10-18-46(42)50(48(44)32-38)40-27-21-36(22-28-40)34-13-5-2-6-14-34/h3*1-32H. The van der Waals surface area contributed by atoms with E-state index in [-0.39, 0.29) is 0 Å². The van der Waals surface area contributed by atoms with Crippen molar-refractivity contribution in [3.05, 3.63) is 582 Å². The minimum absolute atomic E-state index is 1.15. The van der Waals surface area contributed by atoms with Crippen LogP contribution in [-0.4, -0.2) is 27.4 Å². The van der Waals surface area contributed by atoms with E-state index in [1.807, 2.05) is 0 Å². The first-order chi connectivity index (χ1) is 74.4. The monoisotopic (exact) mass is 1910 g/mol. The molecule has 0 radical (unpaired) electrons. The van der Waals surface area contributed by atoms with Gasteiger partial charge in [-0.25, -0.2) is 0 Å². The molecule has 150 heavy (non-hydrogen) atoms. The van der Waals surface area contributed by atoms with Crippen LogP contribution in [0, 0.1) is 0 Å². The molecule has 0 unspecified atom stereocenters. The van der Waals surface area contributed by atoms with Crippen LogP contribution in [0.1, 0.15) is 0 Å². The van der Waals surface area contributed by atoms with E-state index < -0.39 is 0 Å². The van der Waals surface area contributed by atoms with Gasteiger partial charge in [-0.3, -0.25) is 0 Å². The van der Waals surface area contributed by atoms with Gasteiger partial charge in [0, 0.05) is 98.8 Å². The molecule has 0 amide bonds. The van der Waals surface area contributed by atoms with Crippen molar-refractivity contribution < 1.29 is 0 Å². The fourth-order valence-corrected chi connectivity index (χ4v) is 23.5. The topological polar surface area (TPSA) is 29.6 Å². The van der Waals surface area contributed by atoms with Crippen LogP contribution >= 0.6 is 0 Å². The van der Waals surface area contributed by atoms with Crippen LogP contribution in [-0.2, 0) is 0 Å². The third kappa shape index (κ3) is 15.4. The Hall–Kier alpha value is -19.9. The van der Waals surface area contributed by atoms with Gasteiger partial charge in [0.25, 0.3) is 0 Å². The van der Waals surface area contributed by atoms with Crippen molar-refractivity contribution in [2.75, 3.05) is 0 Å². The maximum absolute atomic E-state index is 2.42. The summed E-state index contributed by atoms with van der Waals surface area (Å²) in [6.07, 6.45) is 0. The zero-order chi connectivity index (χ0) is 99.1. The average Bonchev–Trinajstić information content (AvgIpc) is 1.55. The molecule has 24 aromatic carbocycles. The molecule has 6 heteroatoms. The maximum atomic E-state index is 2.42. The van der Waals surface area contributed by atoms with Gasteiger partial charge in [0.05, 0.1) is 66.2 Å². The van der Waals surface area contributed by atoms with Crippen molar-refractivity contribution in [1.82, 2.24) is 27.4 Å². The number of benzene rings is 24. The molecule has 30 rings (SSSR count). The Kier molecular flexibility index (Phi) is 21.9. The normalized spacial score (nSPS) is 11.6. The van der Waals surface area contributed by atoms with Crippen LogP contribution in [0.3, 0.4) is 0 Å². The Labute approximate surface area is 868 Å². The van der Waals surface area contributed by atoms with E-state index in [2.05, 4.69) is 610 Å². The summed E-state index contributed by atoms with van der Waals surface area (Å²) in [6.45, 7) is 0. The van der Waals surface area contributed by atoms with Gasteiger partial charge in [-0.1, -0.05) is 431 Å². The van der Waals surface area contributed by atoms with E-state index in [0.717, 1.165) is 28.4 Å². The van der Waals surface area contributed by atoms with E-state index in [4.69, 9.17) is 0 Å². The molecule has 0 bridgehead atoms.